The number of esters is 1. The molecule has 0 atom stereocenters. The first-order chi connectivity index (χ1) is 7.51. The first-order valence-corrected chi connectivity index (χ1v) is 4.73. The van der Waals surface area contributed by atoms with E-state index in [4.69, 9.17) is 11.6 Å². The molecule has 0 amide bonds. The smallest absolute Gasteiger partial charge is 0.343 e. The van der Waals surface area contributed by atoms with Crippen molar-refractivity contribution in [2.24, 2.45) is 0 Å². The summed E-state index contributed by atoms with van der Waals surface area (Å²) in [4.78, 5) is 24.5. The zero-order valence-electron chi connectivity index (χ0n) is 8.22. The van der Waals surface area contributed by atoms with Gasteiger partial charge in [0.25, 0.3) is 12.0 Å². The number of hydrogen-bond donors (Lipinski definition) is 1. The van der Waals surface area contributed by atoms with Crippen LogP contribution in [0.3, 0.4) is 0 Å². The molecule has 4 nitrogen and oxygen atoms in total. The van der Waals surface area contributed by atoms with Gasteiger partial charge in [0.2, 0.25) is 0 Å². The van der Waals surface area contributed by atoms with E-state index >= 15 is 0 Å². The lowest BCUT2D eigenvalue weighted by molar-refractivity contribution is 0.0598. The molecule has 1 rings (SSSR count). The highest BCUT2D eigenvalue weighted by Crippen LogP contribution is 2.22. The number of aromatic nitrogens is 1. The van der Waals surface area contributed by atoms with Crippen LogP contribution in [0.15, 0.2) is 10.9 Å². The summed E-state index contributed by atoms with van der Waals surface area (Å²) in [6.45, 7) is 0. The molecule has 16 heavy (non-hydrogen) atoms. The van der Waals surface area contributed by atoms with Crippen molar-refractivity contribution in [2.45, 2.75) is 12.3 Å². The van der Waals surface area contributed by atoms with Crippen LogP contribution in [-0.2, 0) is 10.6 Å². The average Bonchev–Trinajstić information content (AvgIpc) is 2.27. The van der Waals surface area contributed by atoms with Crippen LogP contribution in [0.2, 0.25) is 0 Å². The summed E-state index contributed by atoms with van der Waals surface area (Å²) in [6.07, 6.45) is -2.82. The van der Waals surface area contributed by atoms with Gasteiger partial charge in [-0.15, -0.1) is 11.6 Å². The van der Waals surface area contributed by atoms with Crippen LogP contribution < -0.4 is 5.56 Å². The Balaban J connectivity index is 3.39. The minimum Gasteiger partial charge on any atom is -0.465 e. The number of H-pyrrole nitrogens is 1. The molecule has 1 aromatic heterocycles. The predicted octanol–water partition coefficient (Wildman–Crippen LogP) is 1.84. The van der Waals surface area contributed by atoms with Crippen molar-refractivity contribution < 1.29 is 18.3 Å². The van der Waals surface area contributed by atoms with Crippen LogP contribution in [0.5, 0.6) is 0 Å². The first-order valence-electron chi connectivity index (χ1n) is 4.19. The maximum absolute atomic E-state index is 12.6. The summed E-state index contributed by atoms with van der Waals surface area (Å²) >= 11 is 5.39. The fourth-order valence-corrected chi connectivity index (χ4v) is 1.37. The van der Waals surface area contributed by atoms with Gasteiger partial charge in [0.1, 0.15) is 5.56 Å². The maximum atomic E-state index is 12.6. The summed E-state index contributed by atoms with van der Waals surface area (Å²) in [5.74, 6) is -1.24. The molecule has 0 unspecified atom stereocenters. The normalized spacial score (nSPS) is 10.6. The third-order valence-corrected chi connectivity index (χ3v) is 2.20. The molecule has 0 fully saturated rings. The molecule has 0 bridgehead atoms. The number of pyridine rings is 1. The lowest BCUT2D eigenvalue weighted by atomic mass is 10.1. The van der Waals surface area contributed by atoms with E-state index in [0.717, 1.165) is 13.2 Å². The van der Waals surface area contributed by atoms with Gasteiger partial charge in [-0.25, -0.2) is 13.6 Å². The Morgan fingerprint density at radius 3 is 2.69 bits per heavy atom. The molecule has 1 heterocycles. The number of alkyl halides is 3. The lowest BCUT2D eigenvalue weighted by Crippen LogP contribution is -2.21. The number of aromatic amines is 1. The number of ether oxygens (including phenoxy) is 1. The highest BCUT2D eigenvalue weighted by Gasteiger charge is 2.19. The zero-order valence-corrected chi connectivity index (χ0v) is 8.98. The van der Waals surface area contributed by atoms with E-state index in [1.54, 1.807) is 0 Å². The topological polar surface area (TPSA) is 59.2 Å². The lowest BCUT2D eigenvalue weighted by Gasteiger charge is -2.07. The van der Waals surface area contributed by atoms with Crippen LogP contribution in [0.4, 0.5) is 8.78 Å². The molecule has 0 aliphatic carbocycles. The molecule has 1 N–H and O–H groups in total. The van der Waals surface area contributed by atoms with E-state index in [0.29, 0.717) is 0 Å². The van der Waals surface area contributed by atoms with Gasteiger partial charge in [-0.3, -0.25) is 4.79 Å². The number of nitrogens with one attached hydrogen (secondary N) is 1. The molecule has 0 aliphatic heterocycles. The Bertz CT molecular complexity index is 459. The van der Waals surface area contributed by atoms with E-state index in [9.17, 15) is 18.4 Å². The molecular formula is C9H8ClF2NO3. The molecule has 1 aromatic rings. The SMILES string of the molecule is COC(=O)c1cc(C(F)F)c(CCl)[nH]c1=O. The Labute approximate surface area is 94.2 Å². The van der Waals surface area contributed by atoms with Gasteiger partial charge >= 0.3 is 5.97 Å². The molecule has 0 saturated heterocycles. The van der Waals surface area contributed by atoms with E-state index in [1.807, 2.05) is 0 Å². The van der Waals surface area contributed by atoms with Gasteiger partial charge < -0.3 is 9.72 Å². The van der Waals surface area contributed by atoms with Crippen LogP contribution >= 0.6 is 11.6 Å². The number of methoxy groups -OCH3 is 1. The van der Waals surface area contributed by atoms with E-state index in [-0.39, 0.29) is 11.6 Å². The van der Waals surface area contributed by atoms with Crippen molar-refractivity contribution in [1.29, 1.82) is 0 Å². The van der Waals surface area contributed by atoms with Crippen molar-refractivity contribution >= 4 is 17.6 Å². The fraction of sp³-hybridized carbons (Fsp3) is 0.333. The summed E-state index contributed by atoms with van der Waals surface area (Å²) in [5.41, 5.74) is -1.84. The quantitative estimate of drug-likeness (QED) is 0.659. The second-order valence-corrected chi connectivity index (χ2v) is 3.14. The highest BCUT2D eigenvalue weighted by atomic mass is 35.5. The van der Waals surface area contributed by atoms with E-state index < -0.39 is 29.1 Å². The number of carbonyl (C=O) groups excluding carboxylic acids is 1. The number of rotatable bonds is 3. The molecule has 0 saturated carbocycles. The summed E-state index contributed by atoms with van der Waals surface area (Å²) in [5, 5.41) is 0. The third-order valence-electron chi connectivity index (χ3n) is 1.93. The van der Waals surface area contributed by atoms with Gasteiger partial charge in [-0.05, 0) is 6.07 Å². The minimum atomic E-state index is -2.82. The monoisotopic (exact) mass is 251 g/mol. The second kappa shape index (κ2) is 5.07. The molecule has 0 aromatic carbocycles. The van der Waals surface area contributed by atoms with Crippen LogP contribution in [0.25, 0.3) is 0 Å². The Kier molecular flexibility index (Phi) is 4.00. The third kappa shape index (κ3) is 2.38. The molecule has 0 radical (unpaired) electrons. The van der Waals surface area contributed by atoms with Crippen LogP contribution in [0.1, 0.15) is 28.0 Å². The van der Waals surface area contributed by atoms with Crippen molar-refractivity contribution in [3.8, 4) is 0 Å². The second-order valence-electron chi connectivity index (χ2n) is 2.87. The van der Waals surface area contributed by atoms with Crippen molar-refractivity contribution in [2.75, 3.05) is 7.11 Å². The van der Waals surface area contributed by atoms with Crippen LogP contribution in [0, 0.1) is 0 Å². The number of halogens is 3. The zero-order chi connectivity index (χ0) is 12.3. The fourth-order valence-electron chi connectivity index (χ4n) is 1.15. The first kappa shape index (κ1) is 12.6. The van der Waals surface area contributed by atoms with Crippen molar-refractivity contribution in [3.63, 3.8) is 0 Å². The molecular weight excluding hydrogens is 244 g/mol. The van der Waals surface area contributed by atoms with Gasteiger partial charge in [-0.1, -0.05) is 0 Å². The molecule has 7 heteroatoms. The largest absolute Gasteiger partial charge is 0.465 e. The highest BCUT2D eigenvalue weighted by molar-refractivity contribution is 6.17. The van der Waals surface area contributed by atoms with Gasteiger partial charge in [0.05, 0.1) is 13.0 Å². The number of carbonyl (C=O) groups is 1. The predicted molar refractivity (Wildman–Crippen MR) is 52.9 cm³/mol. The van der Waals surface area contributed by atoms with Crippen LogP contribution in [-0.4, -0.2) is 18.1 Å². The van der Waals surface area contributed by atoms with E-state index in [2.05, 4.69) is 9.72 Å². The Morgan fingerprint density at radius 1 is 1.62 bits per heavy atom. The standard InChI is InChI=1S/C9H8ClF2NO3/c1-16-9(15)5-2-4(7(11)12)6(3-10)13-8(5)14/h2,7H,3H2,1H3,(H,13,14). The van der Waals surface area contributed by atoms with Crippen molar-refractivity contribution in [3.05, 3.63) is 33.2 Å². The van der Waals surface area contributed by atoms with E-state index in [1.165, 1.54) is 0 Å². The Morgan fingerprint density at radius 2 is 2.25 bits per heavy atom. The molecule has 0 spiro atoms. The summed E-state index contributed by atoms with van der Waals surface area (Å²) < 4.78 is 29.4. The molecule has 88 valence electrons. The Hall–Kier alpha value is -1.43. The summed E-state index contributed by atoms with van der Waals surface area (Å²) in [7, 11) is 1.05. The van der Waals surface area contributed by atoms with Gasteiger partial charge in [0.15, 0.2) is 0 Å². The minimum absolute atomic E-state index is 0.102. The van der Waals surface area contributed by atoms with Crippen molar-refractivity contribution in [1.82, 2.24) is 4.98 Å². The maximum Gasteiger partial charge on any atom is 0.343 e. The molecule has 0 aliphatic rings. The van der Waals surface area contributed by atoms with Gasteiger partial charge in [-0.2, -0.15) is 0 Å². The van der Waals surface area contributed by atoms with Gasteiger partial charge in [0, 0.05) is 11.3 Å². The summed E-state index contributed by atoms with van der Waals surface area (Å²) in [6, 6.07) is 0.799. The average molecular weight is 252 g/mol. The number of hydrogen-bond acceptors (Lipinski definition) is 3.